The monoisotopic (exact) mass is 264 g/mol. The molecular weight excluding hydrogens is 239 g/mol. The fourth-order valence-corrected chi connectivity index (χ4v) is 2.89. The third-order valence-corrected chi connectivity index (χ3v) is 3.98. The van der Waals surface area contributed by atoms with E-state index in [0.717, 1.165) is 19.0 Å². The van der Waals surface area contributed by atoms with Crippen LogP contribution >= 0.6 is 0 Å². The van der Waals surface area contributed by atoms with Crippen LogP contribution in [0.15, 0.2) is 24.3 Å². The molecule has 0 spiro atoms. The second kappa shape index (κ2) is 7.49. The number of anilines is 1. The number of hydrogen-bond donors (Lipinski definition) is 1. The number of nitrogens with zero attached hydrogens (tertiary/aromatic N) is 1. The number of nitrogens with one attached hydrogen (secondary N) is 1. The van der Waals surface area contributed by atoms with E-state index in [0.29, 0.717) is 5.69 Å². The van der Waals surface area contributed by atoms with Crippen molar-refractivity contribution in [1.82, 2.24) is 4.90 Å². The summed E-state index contributed by atoms with van der Waals surface area (Å²) in [5.41, 5.74) is 0.605. The summed E-state index contributed by atoms with van der Waals surface area (Å²) in [6.07, 6.45) is 6.96. The van der Waals surface area contributed by atoms with Gasteiger partial charge in [-0.25, -0.2) is 4.39 Å². The van der Waals surface area contributed by atoms with Crippen LogP contribution in [-0.2, 0) is 0 Å². The molecule has 1 aliphatic carbocycles. The highest BCUT2D eigenvalue weighted by Crippen LogP contribution is 2.24. The highest BCUT2D eigenvalue weighted by Gasteiger charge is 2.14. The Morgan fingerprint density at radius 2 is 1.95 bits per heavy atom. The Morgan fingerprint density at radius 1 is 1.21 bits per heavy atom. The number of hydrogen-bond acceptors (Lipinski definition) is 2. The van der Waals surface area contributed by atoms with E-state index in [1.807, 2.05) is 6.07 Å². The first-order valence-corrected chi connectivity index (χ1v) is 7.42. The van der Waals surface area contributed by atoms with E-state index in [1.165, 1.54) is 44.7 Å². The number of likely N-dealkylation sites (N-methyl/N-ethyl adjacent to an activating group) is 1. The standard InChI is InChI=1S/C16H25FN2/c1-19(13-14-7-3-2-4-8-14)12-11-18-16-10-6-5-9-15(16)17/h5-6,9-10,14,18H,2-4,7-8,11-13H2,1H3. The summed E-state index contributed by atoms with van der Waals surface area (Å²) >= 11 is 0. The van der Waals surface area contributed by atoms with Gasteiger partial charge in [-0.2, -0.15) is 0 Å². The first kappa shape index (κ1) is 14.3. The molecule has 0 amide bonds. The molecule has 0 atom stereocenters. The maximum atomic E-state index is 13.4. The number of halogens is 1. The molecular formula is C16H25FN2. The van der Waals surface area contributed by atoms with Gasteiger partial charge >= 0.3 is 0 Å². The van der Waals surface area contributed by atoms with Crippen LogP contribution in [0.3, 0.4) is 0 Å². The van der Waals surface area contributed by atoms with Crippen LogP contribution in [0.2, 0.25) is 0 Å². The quantitative estimate of drug-likeness (QED) is 0.842. The number of para-hydroxylation sites is 1. The fourth-order valence-electron chi connectivity index (χ4n) is 2.89. The normalized spacial score (nSPS) is 16.8. The molecule has 106 valence electrons. The molecule has 2 rings (SSSR count). The molecule has 1 fully saturated rings. The SMILES string of the molecule is CN(CCNc1ccccc1F)CC1CCCCC1. The van der Waals surface area contributed by atoms with Gasteiger partial charge in [0.25, 0.3) is 0 Å². The lowest BCUT2D eigenvalue weighted by atomic mass is 9.89. The second-order valence-corrected chi connectivity index (χ2v) is 5.67. The van der Waals surface area contributed by atoms with Gasteiger partial charge in [-0.1, -0.05) is 31.4 Å². The zero-order chi connectivity index (χ0) is 13.5. The van der Waals surface area contributed by atoms with E-state index < -0.39 is 0 Å². The summed E-state index contributed by atoms with van der Waals surface area (Å²) in [4.78, 5) is 2.36. The van der Waals surface area contributed by atoms with Crippen LogP contribution in [0, 0.1) is 11.7 Å². The van der Waals surface area contributed by atoms with E-state index in [9.17, 15) is 4.39 Å². The summed E-state index contributed by atoms with van der Waals surface area (Å²) in [5.74, 6) is 0.699. The van der Waals surface area contributed by atoms with Crippen molar-refractivity contribution in [3.63, 3.8) is 0 Å². The van der Waals surface area contributed by atoms with Crippen molar-refractivity contribution >= 4 is 5.69 Å². The smallest absolute Gasteiger partial charge is 0.146 e. The largest absolute Gasteiger partial charge is 0.381 e. The lowest BCUT2D eigenvalue weighted by Gasteiger charge is -2.27. The van der Waals surface area contributed by atoms with E-state index in [4.69, 9.17) is 0 Å². The first-order valence-electron chi connectivity index (χ1n) is 7.42. The van der Waals surface area contributed by atoms with Gasteiger partial charge in [-0.15, -0.1) is 0 Å². The van der Waals surface area contributed by atoms with Gasteiger partial charge in [0, 0.05) is 19.6 Å². The highest BCUT2D eigenvalue weighted by atomic mass is 19.1. The average molecular weight is 264 g/mol. The summed E-state index contributed by atoms with van der Waals surface area (Å²) in [6.45, 7) is 2.94. The molecule has 2 nitrogen and oxygen atoms in total. The van der Waals surface area contributed by atoms with Crippen molar-refractivity contribution in [1.29, 1.82) is 0 Å². The fraction of sp³-hybridized carbons (Fsp3) is 0.625. The van der Waals surface area contributed by atoms with Gasteiger partial charge in [0.2, 0.25) is 0 Å². The maximum absolute atomic E-state index is 13.4. The Bertz CT molecular complexity index is 375. The van der Waals surface area contributed by atoms with Crippen molar-refractivity contribution in [2.75, 3.05) is 32.0 Å². The van der Waals surface area contributed by atoms with Crippen LogP contribution in [-0.4, -0.2) is 31.6 Å². The molecule has 0 aliphatic heterocycles. The molecule has 0 radical (unpaired) electrons. The van der Waals surface area contributed by atoms with Gasteiger partial charge in [-0.3, -0.25) is 0 Å². The number of benzene rings is 1. The third kappa shape index (κ3) is 4.83. The molecule has 1 aromatic rings. The van der Waals surface area contributed by atoms with Gasteiger partial charge in [0.15, 0.2) is 0 Å². The molecule has 19 heavy (non-hydrogen) atoms. The minimum absolute atomic E-state index is 0.169. The lowest BCUT2D eigenvalue weighted by molar-refractivity contribution is 0.239. The predicted octanol–water partition coefficient (Wildman–Crippen LogP) is 3.75. The van der Waals surface area contributed by atoms with Gasteiger partial charge in [0.1, 0.15) is 5.82 Å². The van der Waals surface area contributed by atoms with Crippen LogP contribution < -0.4 is 5.32 Å². The van der Waals surface area contributed by atoms with Crippen molar-refractivity contribution in [3.05, 3.63) is 30.1 Å². The molecule has 0 heterocycles. The molecule has 3 heteroatoms. The number of rotatable bonds is 6. The summed E-state index contributed by atoms with van der Waals surface area (Å²) in [7, 11) is 2.16. The zero-order valence-electron chi connectivity index (χ0n) is 11.9. The first-order chi connectivity index (χ1) is 9.25. The van der Waals surface area contributed by atoms with Crippen molar-refractivity contribution in [3.8, 4) is 0 Å². The minimum atomic E-state index is -0.169. The molecule has 0 aromatic heterocycles. The molecule has 0 bridgehead atoms. The molecule has 0 saturated heterocycles. The highest BCUT2D eigenvalue weighted by molar-refractivity contribution is 5.44. The maximum Gasteiger partial charge on any atom is 0.146 e. The Hall–Kier alpha value is -1.09. The van der Waals surface area contributed by atoms with Gasteiger partial charge in [0.05, 0.1) is 5.69 Å². The summed E-state index contributed by atoms with van der Waals surface area (Å²) < 4.78 is 13.4. The van der Waals surface area contributed by atoms with Crippen molar-refractivity contribution in [2.24, 2.45) is 5.92 Å². The third-order valence-electron chi connectivity index (χ3n) is 3.98. The molecule has 1 aliphatic rings. The summed E-state index contributed by atoms with van der Waals surface area (Å²) in [5, 5.41) is 3.16. The van der Waals surface area contributed by atoms with Gasteiger partial charge < -0.3 is 10.2 Å². The van der Waals surface area contributed by atoms with Crippen LogP contribution in [0.1, 0.15) is 32.1 Å². The molecule has 1 saturated carbocycles. The van der Waals surface area contributed by atoms with E-state index in [-0.39, 0.29) is 5.82 Å². The predicted molar refractivity (Wildman–Crippen MR) is 79.0 cm³/mol. The molecule has 1 aromatic carbocycles. The Morgan fingerprint density at radius 3 is 2.68 bits per heavy atom. The summed E-state index contributed by atoms with van der Waals surface area (Å²) in [6, 6.07) is 6.86. The Kier molecular flexibility index (Phi) is 5.64. The van der Waals surface area contributed by atoms with Crippen LogP contribution in [0.5, 0.6) is 0 Å². The van der Waals surface area contributed by atoms with Crippen LogP contribution in [0.4, 0.5) is 10.1 Å². The second-order valence-electron chi connectivity index (χ2n) is 5.67. The van der Waals surface area contributed by atoms with E-state index in [1.54, 1.807) is 12.1 Å². The van der Waals surface area contributed by atoms with E-state index in [2.05, 4.69) is 17.3 Å². The van der Waals surface area contributed by atoms with Crippen molar-refractivity contribution in [2.45, 2.75) is 32.1 Å². The Labute approximate surface area is 116 Å². The average Bonchev–Trinajstić information content (AvgIpc) is 2.42. The lowest BCUT2D eigenvalue weighted by Crippen LogP contribution is -2.31. The topological polar surface area (TPSA) is 15.3 Å². The van der Waals surface area contributed by atoms with Crippen molar-refractivity contribution < 1.29 is 4.39 Å². The van der Waals surface area contributed by atoms with E-state index >= 15 is 0 Å². The van der Waals surface area contributed by atoms with Gasteiger partial charge in [-0.05, 0) is 37.9 Å². The zero-order valence-corrected chi connectivity index (χ0v) is 11.9. The molecule has 0 unspecified atom stereocenters. The van der Waals surface area contributed by atoms with Crippen LogP contribution in [0.25, 0.3) is 0 Å². The molecule has 1 N–H and O–H groups in total. The minimum Gasteiger partial charge on any atom is -0.381 e. The Balaban J connectivity index is 1.66.